The van der Waals surface area contributed by atoms with E-state index in [1.54, 1.807) is 7.11 Å². The van der Waals surface area contributed by atoms with Crippen molar-refractivity contribution in [3.63, 3.8) is 0 Å². The maximum atomic E-state index is 8.90. The summed E-state index contributed by atoms with van der Waals surface area (Å²) in [5.41, 5.74) is 0.962. The third-order valence-corrected chi connectivity index (χ3v) is 3.35. The molecule has 0 radical (unpaired) electrons. The minimum Gasteiger partial charge on any atom is -0.392 e. The van der Waals surface area contributed by atoms with Crippen molar-refractivity contribution in [3.8, 4) is 0 Å². The van der Waals surface area contributed by atoms with Crippen LogP contribution in [0.25, 0.3) is 0 Å². The molecule has 1 N–H and O–H groups in total. The smallest absolute Gasteiger partial charge is 0.0681 e. The first kappa shape index (κ1) is 12.6. The molecule has 0 aliphatic rings. The van der Waals surface area contributed by atoms with Crippen LogP contribution >= 0.6 is 11.8 Å². The van der Waals surface area contributed by atoms with Crippen molar-refractivity contribution in [1.29, 1.82) is 0 Å². The Kier molecular flexibility index (Phi) is 5.76. The van der Waals surface area contributed by atoms with E-state index in [1.165, 1.54) is 4.90 Å². The Hall–Kier alpha value is -0.510. The lowest BCUT2D eigenvalue weighted by atomic mass is 10.2. The fourth-order valence-electron chi connectivity index (χ4n) is 1.25. The fraction of sp³-hybridized carbons (Fsp3) is 0.500. The van der Waals surface area contributed by atoms with Crippen LogP contribution in [0, 0.1) is 0 Å². The van der Waals surface area contributed by atoms with Gasteiger partial charge in [0.2, 0.25) is 0 Å². The highest BCUT2D eigenvalue weighted by molar-refractivity contribution is 7.99. The number of hydrogen-bond acceptors (Lipinski definition) is 3. The first-order valence-electron chi connectivity index (χ1n) is 5.11. The number of thioether (sulfide) groups is 1. The van der Waals surface area contributed by atoms with E-state index in [-0.39, 0.29) is 6.61 Å². The van der Waals surface area contributed by atoms with Crippen LogP contribution in [0.5, 0.6) is 0 Å². The molecular weight excluding hydrogens is 208 g/mol. The minimum absolute atomic E-state index is 0.115. The van der Waals surface area contributed by atoms with Crippen LogP contribution in [0.15, 0.2) is 29.2 Å². The number of aliphatic hydroxyl groups is 1. The molecule has 0 saturated heterocycles. The standard InChI is InChI=1S/C12H18O2S/c1-10(7-8-14-2)15-12-5-3-11(9-13)4-6-12/h3-6,10,13H,7-9H2,1-2H3. The van der Waals surface area contributed by atoms with Gasteiger partial charge in [0, 0.05) is 23.9 Å². The molecule has 0 heterocycles. The molecule has 1 aromatic rings. The number of rotatable bonds is 6. The number of benzene rings is 1. The van der Waals surface area contributed by atoms with Gasteiger partial charge in [0.05, 0.1) is 6.61 Å². The summed E-state index contributed by atoms with van der Waals surface area (Å²) in [4.78, 5) is 1.25. The Balaban J connectivity index is 2.42. The van der Waals surface area contributed by atoms with Crippen molar-refractivity contribution >= 4 is 11.8 Å². The summed E-state index contributed by atoms with van der Waals surface area (Å²) in [5, 5.41) is 9.46. The summed E-state index contributed by atoms with van der Waals surface area (Å²) in [6, 6.07) is 8.04. The summed E-state index contributed by atoms with van der Waals surface area (Å²) in [6.45, 7) is 3.12. The van der Waals surface area contributed by atoms with E-state index in [0.29, 0.717) is 5.25 Å². The van der Waals surface area contributed by atoms with Crippen LogP contribution in [0.4, 0.5) is 0 Å². The van der Waals surface area contributed by atoms with Crippen molar-refractivity contribution in [2.45, 2.75) is 30.1 Å². The third-order valence-electron chi connectivity index (χ3n) is 2.17. The molecular formula is C12H18O2S. The summed E-state index contributed by atoms with van der Waals surface area (Å²) in [7, 11) is 1.73. The van der Waals surface area contributed by atoms with Gasteiger partial charge in [-0.05, 0) is 24.1 Å². The molecule has 0 fully saturated rings. The largest absolute Gasteiger partial charge is 0.392 e. The van der Waals surface area contributed by atoms with E-state index in [9.17, 15) is 0 Å². The van der Waals surface area contributed by atoms with Crippen molar-refractivity contribution in [3.05, 3.63) is 29.8 Å². The average molecular weight is 226 g/mol. The molecule has 3 heteroatoms. The monoisotopic (exact) mass is 226 g/mol. The van der Waals surface area contributed by atoms with E-state index in [2.05, 4.69) is 19.1 Å². The first-order chi connectivity index (χ1) is 7.26. The molecule has 1 rings (SSSR count). The topological polar surface area (TPSA) is 29.5 Å². The lowest BCUT2D eigenvalue weighted by Gasteiger charge is -2.10. The second-order valence-corrected chi connectivity index (χ2v) is 5.02. The summed E-state index contributed by atoms with van der Waals surface area (Å²) in [6.07, 6.45) is 1.06. The summed E-state index contributed by atoms with van der Waals surface area (Å²) >= 11 is 1.84. The molecule has 0 bridgehead atoms. The molecule has 0 amide bonds. The second kappa shape index (κ2) is 6.88. The molecule has 1 aromatic carbocycles. The van der Waals surface area contributed by atoms with Gasteiger partial charge in [0.15, 0.2) is 0 Å². The van der Waals surface area contributed by atoms with Gasteiger partial charge in [0.1, 0.15) is 0 Å². The first-order valence-corrected chi connectivity index (χ1v) is 5.99. The van der Waals surface area contributed by atoms with Gasteiger partial charge in [-0.1, -0.05) is 19.1 Å². The number of aliphatic hydroxyl groups excluding tert-OH is 1. The second-order valence-electron chi connectivity index (χ2n) is 3.51. The highest BCUT2D eigenvalue weighted by atomic mass is 32.2. The van der Waals surface area contributed by atoms with Crippen molar-refractivity contribution < 1.29 is 9.84 Å². The van der Waals surface area contributed by atoms with Crippen LogP contribution < -0.4 is 0 Å². The van der Waals surface area contributed by atoms with E-state index in [4.69, 9.17) is 9.84 Å². The van der Waals surface area contributed by atoms with Gasteiger partial charge in [-0.3, -0.25) is 0 Å². The lowest BCUT2D eigenvalue weighted by Crippen LogP contribution is -2.01. The Morgan fingerprint density at radius 3 is 2.53 bits per heavy atom. The van der Waals surface area contributed by atoms with Gasteiger partial charge in [-0.2, -0.15) is 0 Å². The zero-order valence-electron chi connectivity index (χ0n) is 9.27. The fourth-order valence-corrected chi connectivity index (χ4v) is 2.22. The van der Waals surface area contributed by atoms with E-state index in [1.807, 2.05) is 23.9 Å². The summed E-state index contributed by atoms with van der Waals surface area (Å²) in [5.74, 6) is 0. The van der Waals surface area contributed by atoms with Gasteiger partial charge in [-0.25, -0.2) is 0 Å². The Bertz CT molecular complexity index is 271. The van der Waals surface area contributed by atoms with Crippen molar-refractivity contribution in [2.75, 3.05) is 13.7 Å². The normalized spacial score (nSPS) is 12.7. The zero-order valence-corrected chi connectivity index (χ0v) is 10.1. The molecule has 0 spiro atoms. The molecule has 1 unspecified atom stereocenters. The Morgan fingerprint density at radius 1 is 1.33 bits per heavy atom. The SMILES string of the molecule is COCCC(C)Sc1ccc(CO)cc1. The van der Waals surface area contributed by atoms with Gasteiger partial charge in [-0.15, -0.1) is 11.8 Å². The molecule has 0 aromatic heterocycles. The maximum absolute atomic E-state index is 8.90. The van der Waals surface area contributed by atoms with Gasteiger partial charge >= 0.3 is 0 Å². The van der Waals surface area contributed by atoms with E-state index in [0.717, 1.165) is 18.6 Å². The predicted octanol–water partition coefficient (Wildman–Crippen LogP) is 2.70. The van der Waals surface area contributed by atoms with Crippen LogP contribution in [0.3, 0.4) is 0 Å². The Morgan fingerprint density at radius 2 is 2.00 bits per heavy atom. The predicted molar refractivity (Wildman–Crippen MR) is 64.2 cm³/mol. The minimum atomic E-state index is 0.115. The van der Waals surface area contributed by atoms with Crippen LogP contribution in [0.2, 0.25) is 0 Å². The molecule has 1 atom stereocenters. The lowest BCUT2D eigenvalue weighted by molar-refractivity contribution is 0.195. The van der Waals surface area contributed by atoms with Crippen LogP contribution in [-0.4, -0.2) is 24.1 Å². The van der Waals surface area contributed by atoms with E-state index >= 15 is 0 Å². The quantitative estimate of drug-likeness (QED) is 0.756. The molecule has 0 saturated carbocycles. The highest BCUT2D eigenvalue weighted by Gasteiger charge is 2.03. The van der Waals surface area contributed by atoms with Gasteiger partial charge < -0.3 is 9.84 Å². The van der Waals surface area contributed by atoms with E-state index < -0.39 is 0 Å². The zero-order chi connectivity index (χ0) is 11.1. The molecule has 15 heavy (non-hydrogen) atoms. The molecule has 2 nitrogen and oxygen atoms in total. The van der Waals surface area contributed by atoms with Gasteiger partial charge in [0.25, 0.3) is 0 Å². The molecule has 0 aliphatic heterocycles. The number of ether oxygens (including phenoxy) is 1. The highest BCUT2D eigenvalue weighted by Crippen LogP contribution is 2.25. The average Bonchev–Trinajstić information content (AvgIpc) is 2.27. The summed E-state index contributed by atoms with van der Waals surface area (Å²) < 4.78 is 5.04. The molecule has 84 valence electrons. The third kappa shape index (κ3) is 4.69. The van der Waals surface area contributed by atoms with Crippen molar-refractivity contribution in [1.82, 2.24) is 0 Å². The molecule has 0 aliphatic carbocycles. The number of methoxy groups -OCH3 is 1. The van der Waals surface area contributed by atoms with Crippen molar-refractivity contribution in [2.24, 2.45) is 0 Å². The maximum Gasteiger partial charge on any atom is 0.0681 e. The Labute approximate surface area is 95.7 Å². The van der Waals surface area contributed by atoms with Crippen LogP contribution in [0.1, 0.15) is 18.9 Å². The number of hydrogen-bond donors (Lipinski definition) is 1. The van der Waals surface area contributed by atoms with Crippen LogP contribution in [-0.2, 0) is 11.3 Å².